The molecule has 1 aromatic rings. The summed E-state index contributed by atoms with van der Waals surface area (Å²) < 4.78 is 0. The summed E-state index contributed by atoms with van der Waals surface area (Å²) in [6.45, 7) is 8.02. The number of aryl methyl sites for hydroxylation is 1. The van der Waals surface area contributed by atoms with Gasteiger partial charge in [0.25, 0.3) is 0 Å². The van der Waals surface area contributed by atoms with Crippen molar-refractivity contribution in [3.05, 3.63) is 48.0 Å². The Morgan fingerprint density at radius 2 is 2.07 bits per heavy atom. The van der Waals surface area contributed by atoms with Crippen LogP contribution in [0.1, 0.15) is 24.0 Å². The van der Waals surface area contributed by atoms with Crippen molar-refractivity contribution in [2.45, 2.75) is 19.8 Å². The zero-order valence-electron chi connectivity index (χ0n) is 9.29. The Hall–Kier alpha value is -1.57. The highest BCUT2D eigenvalue weighted by atomic mass is 16.1. The standard InChI is InChI=1S/C13H17NO/c1-4-9-14-13(15)11(3)12-7-5-10(2)6-8-12/h4-8,11H,1,9H2,2-3H3,(H,14,15). The monoisotopic (exact) mass is 203 g/mol. The average Bonchev–Trinajstić information content (AvgIpc) is 2.26. The summed E-state index contributed by atoms with van der Waals surface area (Å²) in [5.74, 6) is -0.0655. The molecule has 0 saturated heterocycles. The van der Waals surface area contributed by atoms with Crippen molar-refractivity contribution in [2.24, 2.45) is 0 Å². The summed E-state index contributed by atoms with van der Waals surface area (Å²) in [5.41, 5.74) is 2.25. The zero-order valence-corrected chi connectivity index (χ0v) is 9.29. The number of nitrogens with one attached hydrogen (secondary N) is 1. The number of amides is 1. The van der Waals surface area contributed by atoms with Crippen LogP contribution in [0.5, 0.6) is 0 Å². The maximum Gasteiger partial charge on any atom is 0.227 e. The van der Waals surface area contributed by atoms with E-state index in [2.05, 4.69) is 11.9 Å². The Kier molecular flexibility index (Phi) is 4.10. The molecule has 0 radical (unpaired) electrons. The number of hydrogen-bond acceptors (Lipinski definition) is 1. The van der Waals surface area contributed by atoms with E-state index in [1.807, 2.05) is 38.1 Å². The lowest BCUT2D eigenvalue weighted by atomic mass is 9.99. The SMILES string of the molecule is C=CCNC(=O)C(C)c1ccc(C)cc1. The number of rotatable bonds is 4. The third-order valence-corrected chi connectivity index (χ3v) is 2.39. The van der Waals surface area contributed by atoms with Crippen molar-refractivity contribution in [2.75, 3.05) is 6.54 Å². The molecule has 1 unspecified atom stereocenters. The van der Waals surface area contributed by atoms with Crippen LogP contribution >= 0.6 is 0 Å². The lowest BCUT2D eigenvalue weighted by molar-refractivity contribution is -0.121. The first-order chi connectivity index (χ1) is 7.15. The molecule has 0 aromatic heterocycles. The van der Waals surface area contributed by atoms with Crippen LogP contribution in [0.25, 0.3) is 0 Å². The molecule has 1 atom stereocenters. The highest BCUT2D eigenvalue weighted by Gasteiger charge is 2.13. The van der Waals surface area contributed by atoms with Crippen LogP contribution in [-0.4, -0.2) is 12.5 Å². The van der Waals surface area contributed by atoms with E-state index in [0.29, 0.717) is 6.54 Å². The van der Waals surface area contributed by atoms with Gasteiger partial charge in [0.05, 0.1) is 5.92 Å². The molecule has 0 saturated carbocycles. The molecule has 0 heterocycles. The normalized spacial score (nSPS) is 11.9. The quantitative estimate of drug-likeness (QED) is 0.748. The second kappa shape index (κ2) is 5.35. The third-order valence-electron chi connectivity index (χ3n) is 2.39. The molecule has 0 aliphatic rings. The van der Waals surface area contributed by atoms with Gasteiger partial charge in [-0.3, -0.25) is 4.79 Å². The van der Waals surface area contributed by atoms with E-state index in [1.165, 1.54) is 5.56 Å². The molecular weight excluding hydrogens is 186 g/mol. The van der Waals surface area contributed by atoms with Gasteiger partial charge in [-0.25, -0.2) is 0 Å². The molecule has 1 aromatic carbocycles. The second-order valence-electron chi connectivity index (χ2n) is 3.67. The van der Waals surface area contributed by atoms with Crippen LogP contribution < -0.4 is 5.32 Å². The molecule has 1 rings (SSSR count). The van der Waals surface area contributed by atoms with Gasteiger partial charge in [0.15, 0.2) is 0 Å². The maximum atomic E-state index is 11.6. The van der Waals surface area contributed by atoms with E-state index in [4.69, 9.17) is 0 Å². The van der Waals surface area contributed by atoms with Crippen LogP contribution in [-0.2, 0) is 4.79 Å². The van der Waals surface area contributed by atoms with E-state index in [9.17, 15) is 4.79 Å². The zero-order chi connectivity index (χ0) is 11.3. The van der Waals surface area contributed by atoms with E-state index in [1.54, 1.807) is 6.08 Å². The topological polar surface area (TPSA) is 29.1 Å². The lowest BCUT2D eigenvalue weighted by Gasteiger charge is -2.11. The molecule has 0 aliphatic heterocycles. The van der Waals surface area contributed by atoms with Gasteiger partial charge in [-0.2, -0.15) is 0 Å². The van der Waals surface area contributed by atoms with Crippen LogP contribution in [0.2, 0.25) is 0 Å². The van der Waals surface area contributed by atoms with Gasteiger partial charge in [-0.1, -0.05) is 35.9 Å². The molecule has 0 spiro atoms. The van der Waals surface area contributed by atoms with Crippen molar-refractivity contribution >= 4 is 5.91 Å². The van der Waals surface area contributed by atoms with Crippen molar-refractivity contribution in [1.82, 2.24) is 5.32 Å². The van der Waals surface area contributed by atoms with Gasteiger partial charge in [-0.05, 0) is 19.4 Å². The highest BCUT2D eigenvalue weighted by molar-refractivity contribution is 5.83. The molecular formula is C13H17NO. The molecule has 0 fully saturated rings. The summed E-state index contributed by atoms with van der Waals surface area (Å²) in [6.07, 6.45) is 1.68. The van der Waals surface area contributed by atoms with Crippen molar-refractivity contribution in [3.63, 3.8) is 0 Å². The van der Waals surface area contributed by atoms with Crippen molar-refractivity contribution in [1.29, 1.82) is 0 Å². The fourth-order valence-electron chi connectivity index (χ4n) is 1.33. The molecule has 2 heteroatoms. The fraction of sp³-hybridized carbons (Fsp3) is 0.308. The predicted octanol–water partition coefficient (Wildman–Crippen LogP) is 2.40. The first kappa shape index (κ1) is 11.5. The van der Waals surface area contributed by atoms with Crippen LogP contribution in [0.4, 0.5) is 0 Å². The van der Waals surface area contributed by atoms with Crippen molar-refractivity contribution < 1.29 is 4.79 Å². The largest absolute Gasteiger partial charge is 0.352 e. The smallest absolute Gasteiger partial charge is 0.227 e. The number of carbonyl (C=O) groups is 1. The average molecular weight is 203 g/mol. The number of carbonyl (C=O) groups excluding carboxylic acids is 1. The van der Waals surface area contributed by atoms with Gasteiger partial charge in [-0.15, -0.1) is 6.58 Å². The third kappa shape index (κ3) is 3.24. The molecule has 1 N–H and O–H groups in total. The summed E-state index contributed by atoms with van der Waals surface area (Å²) >= 11 is 0. The van der Waals surface area contributed by atoms with Crippen LogP contribution in [0.15, 0.2) is 36.9 Å². The lowest BCUT2D eigenvalue weighted by Crippen LogP contribution is -2.27. The molecule has 1 amide bonds. The van der Waals surface area contributed by atoms with Crippen molar-refractivity contribution in [3.8, 4) is 0 Å². The molecule has 80 valence electrons. The Labute approximate surface area is 91.0 Å². The second-order valence-corrected chi connectivity index (χ2v) is 3.67. The van der Waals surface area contributed by atoms with E-state index >= 15 is 0 Å². The Morgan fingerprint density at radius 1 is 1.47 bits per heavy atom. The minimum atomic E-state index is -0.106. The maximum absolute atomic E-state index is 11.6. The Balaban J connectivity index is 2.67. The fourth-order valence-corrected chi connectivity index (χ4v) is 1.33. The summed E-state index contributed by atoms with van der Waals surface area (Å²) in [4.78, 5) is 11.6. The van der Waals surface area contributed by atoms with E-state index in [-0.39, 0.29) is 11.8 Å². The van der Waals surface area contributed by atoms with Crippen LogP contribution in [0, 0.1) is 6.92 Å². The van der Waals surface area contributed by atoms with E-state index < -0.39 is 0 Å². The summed E-state index contributed by atoms with van der Waals surface area (Å²) in [7, 11) is 0. The summed E-state index contributed by atoms with van der Waals surface area (Å²) in [6, 6.07) is 8.03. The molecule has 2 nitrogen and oxygen atoms in total. The predicted molar refractivity (Wildman–Crippen MR) is 62.8 cm³/mol. The van der Waals surface area contributed by atoms with Gasteiger partial charge in [0.1, 0.15) is 0 Å². The van der Waals surface area contributed by atoms with Gasteiger partial charge >= 0.3 is 0 Å². The minimum Gasteiger partial charge on any atom is -0.352 e. The summed E-state index contributed by atoms with van der Waals surface area (Å²) in [5, 5.41) is 2.79. The van der Waals surface area contributed by atoms with Gasteiger partial charge in [0, 0.05) is 6.54 Å². The van der Waals surface area contributed by atoms with Crippen LogP contribution in [0.3, 0.4) is 0 Å². The number of benzene rings is 1. The minimum absolute atomic E-state index is 0.0405. The van der Waals surface area contributed by atoms with E-state index in [0.717, 1.165) is 5.56 Å². The highest BCUT2D eigenvalue weighted by Crippen LogP contribution is 2.15. The Morgan fingerprint density at radius 3 is 2.60 bits per heavy atom. The molecule has 0 aliphatic carbocycles. The first-order valence-corrected chi connectivity index (χ1v) is 5.10. The number of hydrogen-bond donors (Lipinski definition) is 1. The molecule has 0 bridgehead atoms. The first-order valence-electron chi connectivity index (χ1n) is 5.10. The Bertz CT molecular complexity index is 340. The molecule has 15 heavy (non-hydrogen) atoms. The van der Waals surface area contributed by atoms with Gasteiger partial charge < -0.3 is 5.32 Å². The van der Waals surface area contributed by atoms with Gasteiger partial charge in [0.2, 0.25) is 5.91 Å².